The maximum absolute atomic E-state index is 5.93. The lowest BCUT2D eigenvalue weighted by Gasteiger charge is -2.07. The number of aryl methyl sites for hydroxylation is 1. The zero-order chi connectivity index (χ0) is 17.8. The van der Waals surface area contributed by atoms with Gasteiger partial charge in [-0.1, -0.05) is 36.4 Å². The molecule has 2 nitrogen and oxygen atoms in total. The topological polar surface area (TPSA) is 25.2 Å². The summed E-state index contributed by atoms with van der Waals surface area (Å²) in [7, 11) is 0. The molecule has 1 aliphatic rings. The average molecular weight is 367 g/mol. The molecule has 5 aromatic rings. The molecule has 0 saturated carbocycles. The van der Waals surface area contributed by atoms with Gasteiger partial charge in [0.2, 0.25) is 0 Å². The monoisotopic (exact) mass is 367 g/mol. The van der Waals surface area contributed by atoms with Gasteiger partial charge in [0.25, 0.3) is 0 Å². The summed E-state index contributed by atoms with van der Waals surface area (Å²) < 4.78 is 7.28. The van der Waals surface area contributed by atoms with Crippen molar-refractivity contribution >= 4 is 60.8 Å². The molecule has 0 bridgehead atoms. The van der Waals surface area contributed by atoms with E-state index < -0.39 is 0 Å². The third kappa shape index (κ3) is 2.39. The van der Waals surface area contributed by atoms with Crippen LogP contribution < -0.4 is 5.32 Å². The molecule has 130 valence electrons. The van der Waals surface area contributed by atoms with E-state index in [0.29, 0.717) is 0 Å². The number of hydrogen-bond donors (Lipinski definition) is 1. The van der Waals surface area contributed by atoms with Crippen LogP contribution in [0.15, 0.2) is 71.2 Å². The summed E-state index contributed by atoms with van der Waals surface area (Å²) in [4.78, 5) is 1.51. The highest BCUT2D eigenvalue weighted by Crippen LogP contribution is 2.38. The van der Waals surface area contributed by atoms with E-state index in [4.69, 9.17) is 4.42 Å². The first-order valence-electron chi connectivity index (χ1n) is 9.25. The SMILES string of the molecule is C1=Cc2c(sc3cc(Nc4ccc5oc6ccccc6c5c4)ccc23)CC1. The minimum atomic E-state index is 0.926. The van der Waals surface area contributed by atoms with E-state index in [9.17, 15) is 0 Å². The highest BCUT2D eigenvalue weighted by Gasteiger charge is 2.13. The van der Waals surface area contributed by atoms with Crippen LogP contribution in [0.1, 0.15) is 16.9 Å². The zero-order valence-electron chi connectivity index (χ0n) is 14.7. The summed E-state index contributed by atoms with van der Waals surface area (Å²) in [6.45, 7) is 0. The van der Waals surface area contributed by atoms with Gasteiger partial charge in [-0.25, -0.2) is 0 Å². The van der Waals surface area contributed by atoms with Crippen molar-refractivity contribution in [1.29, 1.82) is 0 Å². The van der Waals surface area contributed by atoms with Crippen molar-refractivity contribution in [2.45, 2.75) is 12.8 Å². The second-order valence-corrected chi connectivity index (χ2v) is 8.16. The number of para-hydroxylation sites is 1. The Labute approximate surface area is 160 Å². The highest BCUT2D eigenvalue weighted by atomic mass is 32.1. The molecule has 1 N–H and O–H groups in total. The standard InChI is InChI=1S/C24H17NOS/c1-3-7-21-17(5-1)20-13-15(10-12-22(20)26-21)25-16-9-11-19-18-6-2-4-8-23(18)27-24(19)14-16/h1-3,5-7,9-14,25H,4,8H2. The van der Waals surface area contributed by atoms with E-state index >= 15 is 0 Å². The Hall–Kier alpha value is -3.04. The van der Waals surface area contributed by atoms with Crippen LogP contribution in [0.4, 0.5) is 11.4 Å². The molecule has 2 aromatic heterocycles. The molecule has 0 amide bonds. The smallest absolute Gasteiger partial charge is 0.135 e. The molecule has 6 rings (SSSR count). The third-order valence-corrected chi connectivity index (χ3v) is 6.52. The minimum absolute atomic E-state index is 0.926. The Morgan fingerprint density at radius 3 is 2.67 bits per heavy atom. The zero-order valence-corrected chi connectivity index (χ0v) is 15.5. The third-order valence-electron chi connectivity index (χ3n) is 5.29. The first-order chi connectivity index (χ1) is 13.3. The van der Waals surface area contributed by atoms with Crippen molar-refractivity contribution in [2.24, 2.45) is 0 Å². The predicted molar refractivity (Wildman–Crippen MR) is 116 cm³/mol. The maximum Gasteiger partial charge on any atom is 0.135 e. The van der Waals surface area contributed by atoms with Gasteiger partial charge in [0.05, 0.1) is 0 Å². The molecular weight excluding hydrogens is 350 g/mol. The molecule has 3 aromatic carbocycles. The summed E-state index contributed by atoms with van der Waals surface area (Å²) in [6, 6.07) is 21.2. The number of benzene rings is 3. The summed E-state index contributed by atoms with van der Waals surface area (Å²) in [5.74, 6) is 0. The number of furan rings is 1. The molecule has 0 saturated heterocycles. The Kier molecular flexibility index (Phi) is 3.20. The second kappa shape index (κ2) is 5.73. The summed E-state index contributed by atoms with van der Waals surface area (Å²) in [5, 5.41) is 7.24. The fraction of sp³-hybridized carbons (Fsp3) is 0.0833. The Morgan fingerprint density at radius 1 is 0.815 bits per heavy atom. The van der Waals surface area contributed by atoms with E-state index in [1.165, 1.54) is 20.5 Å². The van der Waals surface area contributed by atoms with Gasteiger partial charge in [0.15, 0.2) is 0 Å². The normalized spacial score (nSPS) is 13.5. The van der Waals surface area contributed by atoms with Crippen LogP contribution in [0, 0.1) is 0 Å². The number of rotatable bonds is 2. The van der Waals surface area contributed by atoms with Gasteiger partial charge in [-0.2, -0.15) is 0 Å². The van der Waals surface area contributed by atoms with Crippen molar-refractivity contribution in [3.8, 4) is 0 Å². The first kappa shape index (κ1) is 15.1. The van der Waals surface area contributed by atoms with Gasteiger partial charge in [-0.3, -0.25) is 0 Å². The molecule has 27 heavy (non-hydrogen) atoms. The lowest BCUT2D eigenvalue weighted by atomic mass is 10.0. The van der Waals surface area contributed by atoms with Crippen LogP contribution >= 0.6 is 11.3 Å². The molecule has 1 aliphatic carbocycles. The van der Waals surface area contributed by atoms with Crippen LogP contribution in [-0.2, 0) is 6.42 Å². The average Bonchev–Trinajstić information content (AvgIpc) is 3.25. The minimum Gasteiger partial charge on any atom is -0.456 e. The van der Waals surface area contributed by atoms with Crippen LogP contribution in [0.2, 0.25) is 0 Å². The largest absolute Gasteiger partial charge is 0.456 e. The fourth-order valence-electron chi connectivity index (χ4n) is 4.00. The Bertz CT molecular complexity index is 1360. The van der Waals surface area contributed by atoms with Crippen molar-refractivity contribution in [1.82, 2.24) is 0 Å². The van der Waals surface area contributed by atoms with Crippen molar-refractivity contribution in [2.75, 3.05) is 5.32 Å². The number of hydrogen-bond acceptors (Lipinski definition) is 3. The number of nitrogens with one attached hydrogen (secondary N) is 1. The van der Waals surface area contributed by atoms with Gasteiger partial charge in [-0.15, -0.1) is 11.3 Å². The molecule has 0 aliphatic heterocycles. The van der Waals surface area contributed by atoms with Crippen molar-refractivity contribution < 1.29 is 4.42 Å². The van der Waals surface area contributed by atoms with Crippen LogP contribution in [0.25, 0.3) is 38.1 Å². The molecular formula is C24H17NOS. The lowest BCUT2D eigenvalue weighted by molar-refractivity contribution is 0.669. The fourth-order valence-corrected chi connectivity index (χ4v) is 5.25. The first-order valence-corrected chi connectivity index (χ1v) is 10.1. The van der Waals surface area contributed by atoms with E-state index in [-0.39, 0.29) is 0 Å². The van der Waals surface area contributed by atoms with Crippen LogP contribution in [-0.4, -0.2) is 0 Å². The van der Waals surface area contributed by atoms with Crippen molar-refractivity contribution in [3.63, 3.8) is 0 Å². The Morgan fingerprint density at radius 2 is 1.67 bits per heavy atom. The van der Waals surface area contributed by atoms with Crippen LogP contribution in [0.3, 0.4) is 0 Å². The molecule has 0 unspecified atom stereocenters. The molecule has 0 fully saturated rings. The lowest BCUT2D eigenvalue weighted by Crippen LogP contribution is -1.89. The van der Waals surface area contributed by atoms with E-state index in [2.05, 4.69) is 59.9 Å². The molecule has 2 heterocycles. The molecule has 0 radical (unpaired) electrons. The predicted octanol–water partition coefficient (Wildman–Crippen LogP) is 7.50. The van der Waals surface area contributed by atoms with Gasteiger partial charge < -0.3 is 9.73 Å². The number of thiophene rings is 1. The Balaban J connectivity index is 1.41. The van der Waals surface area contributed by atoms with E-state index in [0.717, 1.165) is 46.2 Å². The summed E-state index contributed by atoms with van der Waals surface area (Å²) >= 11 is 1.92. The van der Waals surface area contributed by atoms with Gasteiger partial charge in [0.1, 0.15) is 11.2 Å². The molecule has 3 heteroatoms. The number of allylic oxidation sites excluding steroid dienone is 1. The molecule has 0 spiro atoms. The summed E-state index contributed by atoms with van der Waals surface area (Å²) in [6.07, 6.45) is 6.88. The second-order valence-electron chi connectivity index (χ2n) is 7.03. The number of fused-ring (bicyclic) bond motifs is 6. The van der Waals surface area contributed by atoms with Gasteiger partial charge >= 0.3 is 0 Å². The summed E-state index contributed by atoms with van der Waals surface area (Å²) in [5.41, 5.74) is 5.48. The van der Waals surface area contributed by atoms with Crippen molar-refractivity contribution in [3.05, 3.63) is 77.2 Å². The number of anilines is 2. The van der Waals surface area contributed by atoms with E-state index in [1.54, 1.807) is 0 Å². The molecule has 0 atom stereocenters. The maximum atomic E-state index is 5.93. The highest BCUT2D eigenvalue weighted by molar-refractivity contribution is 7.19. The van der Waals surface area contributed by atoms with Crippen LogP contribution in [0.5, 0.6) is 0 Å². The van der Waals surface area contributed by atoms with Gasteiger partial charge in [-0.05, 0) is 54.8 Å². The van der Waals surface area contributed by atoms with Gasteiger partial charge in [0, 0.05) is 37.1 Å². The quantitative estimate of drug-likeness (QED) is 0.349. The van der Waals surface area contributed by atoms with E-state index in [1.807, 2.05) is 29.5 Å².